The molecule has 0 saturated carbocycles. The van der Waals surface area contributed by atoms with Crippen molar-refractivity contribution < 1.29 is 24.8 Å². The highest BCUT2D eigenvalue weighted by atomic mass is 16.7. The summed E-state index contributed by atoms with van der Waals surface area (Å²) < 4.78 is 11.3. The molecule has 1 aliphatic rings. The van der Waals surface area contributed by atoms with Gasteiger partial charge >= 0.3 is 0 Å². The van der Waals surface area contributed by atoms with Crippen LogP contribution in [0.1, 0.15) is 47.5 Å². The second-order valence-corrected chi connectivity index (χ2v) is 6.06. The summed E-state index contributed by atoms with van der Waals surface area (Å²) in [4.78, 5) is 0. The van der Waals surface area contributed by atoms with Crippen LogP contribution in [0.2, 0.25) is 0 Å². The van der Waals surface area contributed by atoms with Crippen LogP contribution < -0.4 is 0 Å². The summed E-state index contributed by atoms with van der Waals surface area (Å²) in [5.41, 5.74) is -0.0396. The monoisotopic (exact) mass is 276 g/mol. The first kappa shape index (κ1) is 16.9. The fourth-order valence-electron chi connectivity index (χ4n) is 2.35. The van der Waals surface area contributed by atoms with Gasteiger partial charge in [-0.25, -0.2) is 0 Å². The van der Waals surface area contributed by atoms with Crippen LogP contribution in [0.5, 0.6) is 0 Å². The van der Waals surface area contributed by atoms with Gasteiger partial charge in [0.25, 0.3) is 0 Å². The molecular formula is C14H28O5. The topological polar surface area (TPSA) is 79.2 Å². The Kier molecular flexibility index (Phi) is 5.77. The minimum absolute atomic E-state index is 0.0396. The van der Waals surface area contributed by atoms with E-state index in [2.05, 4.69) is 20.8 Å². The van der Waals surface area contributed by atoms with Gasteiger partial charge in [-0.15, -0.1) is 0 Å². The lowest BCUT2D eigenvalue weighted by Gasteiger charge is -2.43. The quantitative estimate of drug-likeness (QED) is 0.699. The predicted molar refractivity (Wildman–Crippen MR) is 71.6 cm³/mol. The SMILES string of the molecule is CCC(OC1OC(C)C(O)C(O)C1O)C(C)(C)CC. The molecule has 0 aromatic heterocycles. The molecule has 1 saturated heterocycles. The first-order valence-corrected chi connectivity index (χ1v) is 7.09. The minimum atomic E-state index is -1.24. The van der Waals surface area contributed by atoms with Crippen LogP contribution in [0.25, 0.3) is 0 Å². The minimum Gasteiger partial charge on any atom is -0.388 e. The van der Waals surface area contributed by atoms with E-state index in [1.165, 1.54) is 0 Å². The van der Waals surface area contributed by atoms with Gasteiger partial charge in [-0.05, 0) is 25.2 Å². The maximum absolute atomic E-state index is 9.95. The summed E-state index contributed by atoms with van der Waals surface area (Å²) in [6.07, 6.45) is -3.37. The predicted octanol–water partition coefficient (Wildman–Crippen LogP) is 1.05. The molecule has 0 aromatic rings. The van der Waals surface area contributed by atoms with E-state index in [0.29, 0.717) is 0 Å². The van der Waals surface area contributed by atoms with Gasteiger partial charge in [0.2, 0.25) is 0 Å². The van der Waals surface area contributed by atoms with Crippen LogP contribution in [0, 0.1) is 5.41 Å². The Balaban J connectivity index is 2.74. The Hall–Kier alpha value is -0.200. The second kappa shape index (κ2) is 6.50. The lowest BCUT2D eigenvalue weighted by Crippen LogP contribution is -2.58. The normalized spacial score (nSPS) is 38.2. The van der Waals surface area contributed by atoms with Crippen molar-refractivity contribution in [3.8, 4) is 0 Å². The molecule has 6 atom stereocenters. The van der Waals surface area contributed by atoms with Crippen molar-refractivity contribution in [1.29, 1.82) is 0 Å². The number of rotatable bonds is 5. The summed E-state index contributed by atoms with van der Waals surface area (Å²) in [6, 6.07) is 0. The highest BCUT2D eigenvalue weighted by Gasteiger charge is 2.44. The van der Waals surface area contributed by atoms with Crippen LogP contribution in [-0.2, 0) is 9.47 Å². The summed E-state index contributed by atoms with van der Waals surface area (Å²) in [5.74, 6) is 0. The Bertz CT molecular complexity index is 281. The summed E-state index contributed by atoms with van der Waals surface area (Å²) in [5, 5.41) is 29.4. The first-order valence-electron chi connectivity index (χ1n) is 7.09. The average Bonchev–Trinajstić information content (AvgIpc) is 2.38. The van der Waals surface area contributed by atoms with Gasteiger partial charge in [0, 0.05) is 0 Å². The zero-order chi connectivity index (χ0) is 14.8. The third kappa shape index (κ3) is 3.67. The Morgan fingerprint density at radius 1 is 1.11 bits per heavy atom. The lowest BCUT2D eigenvalue weighted by atomic mass is 9.82. The largest absolute Gasteiger partial charge is 0.388 e. The fraction of sp³-hybridized carbons (Fsp3) is 1.00. The van der Waals surface area contributed by atoms with Gasteiger partial charge in [-0.3, -0.25) is 0 Å². The summed E-state index contributed by atoms with van der Waals surface area (Å²) in [6.45, 7) is 9.97. The van der Waals surface area contributed by atoms with Gasteiger partial charge in [-0.1, -0.05) is 27.7 Å². The molecule has 5 heteroatoms. The van der Waals surface area contributed by atoms with Crippen molar-refractivity contribution >= 4 is 0 Å². The van der Waals surface area contributed by atoms with Crippen LogP contribution in [0.4, 0.5) is 0 Å². The fourth-order valence-corrected chi connectivity index (χ4v) is 2.35. The molecule has 5 nitrogen and oxygen atoms in total. The molecule has 0 bridgehead atoms. The molecule has 3 N–H and O–H groups in total. The van der Waals surface area contributed by atoms with Gasteiger partial charge < -0.3 is 24.8 Å². The smallest absolute Gasteiger partial charge is 0.186 e. The molecule has 1 rings (SSSR count). The molecule has 0 amide bonds. The molecule has 6 unspecified atom stereocenters. The molecule has 0 radical (unpaired) electrons. The summed E-state index contributed by atoms with van der Waals surface area (Å²) >= 11 is 0. The van der Waals surface area contributed by atoms with Crippen molar-refractivity contribution in [3.63, 3.8) is 0 Å². The standard InChI is InChI=1S/C14H28O5/c1-6-9(14(4,5)7-2)19-13-12(17)11(16)10(15)8(3)18-13/h8-13,15-17H,6-7H2,1-5H3. The zero-order valence-corrected chi connectivity index (χ0v) is 12.5. The van der Waals surface area contributed by atoms with Crippen LogP contribution in [0.3, 0.4) is 0 Å². The molecule has 0 spiro atoms. The number of hydrogen-bond acceptors (Lipinski definition) is 5. The maximum atomic E-state index is 9.95. The highest BCUT2D eigenvalue weighted by molar-refractivity contribution is 4.88. The van der Waals surface area contributed by atoms with Crippen LogP contribution in [0.15, 0.2) is 0 Å². The van der Waals surface area contributed by atoms with E-state index in [0.717, 1.165) is 12.8 Å². The molecule has 1 aliphatic heterocycles. The van der Waals surface area contributed by atoms with Crippen LogP contribution in [-0.4, -0.2) is 52.1 Å². The number of aliphatic hydroxyl groups excluding tert-OH is 3. The molecule has 19 heavy (non-hydrogen) atoms. The van der Waals surface area contributed by atoms with Gasteiger partial charge in [0.05, 0.1) is 12.2 Å². The van der Waals surface area contributed by atoms with Crippen molar-refractivity contribution in [3.05, 3.63) is 0 Å². The number of aliphatic hydroxyl groups is 3. The molecule has 114 valence electrons. The lowest BCUT2D eigenvalue weighted by molar-refractivity contribution is -0.312. The number of ether oxygens (including phenoxy) is 2. The summed E-state index contributed by atoms with van der Waals surface area (Å²) in [7, 11) is 0. The van der Waals surface area contributed by atoms with Crippen molar-refractivity contribution in [2.75, 3.05) is 0 Å². The van der Waals surface area contributed by atoms with Gasteiger partial charge in [-0.2, -0.15) is 0 Å². The number of hydrogen-bond donors (Lipinski definition) is 3. The molecular weight excluding hydrogens is 248 g/mol. The van der Waals surface area contributed by atoms with E-state index in [1.807, 2.05) is 6.92 Å². The molecule has 1 fully saturated rings. The van der Waals surface area contributed by atoms with E-state index in [4.69, 9.17) is 9.47 Å². The molecule has 1 heterocycles. The average molecular weight is 276 g/mol. The van der Waals surface area contributed by atoms with Crippen molar-refractivity contribution in [2.45, 2.75) is 84.3 Å². The first-order chi connectivity index (χ1) is 8.74. The van der Waals surface area contributed by atoms with E-state index in [-0.39, 0.29) is 11.5 Å². The Morgan fingerprint density at radius 2 is 1.68 bits per heavy atom. The van der Waals surface area contributed by atoms with Gasteiger partial charge in [0.1, 0.15) is 18.3 Å². The van der Waals surface area contributed by atoms with Gasteiger partial charge in [0.15, 0.2) is 6.29 Å². The van der Waals surface area contributed by atoms with E-state index in [9.17, 15) is 15.3 Å². The maximum Gasteiger partial charge on any atom is 0.186 e. The van der Waals surface area contributed by atoms with Crippen LogP contribution >= 0.6 is 0 Å². The Morgan fingerprint density at radius 3 is 2.16 bits per heavy atom. The van der Waals surface area contributed by atoms with E-state index < -0.39 is 30.7 Å². The third-order valence-corrected chi connectivity index (χ3v) is 4.26. The third-order valence-electron chi connectivity index (χ3n) is 4.26. The highest BCUT2D eigenvalue weighted by Crippen LogP contribution is 2.32. The van der Waals surface area contributed by atoms with Crippen molar-refractivity contribution in [1.82, 2.24) is 0 Å². The second-order valence-electron chi connectivity index (χ2n) is 6.06. The zero-order valence-electron chi connectivity index (χ0n) is 12.5. The molecule has 0 aromatic carbocycles. The van der Waals surface area contributed by atoms with E-state index in [1.54, 1.807) is 6.92 Å². The Labute approximate surface area is 115 Å². The van der Waals surface area contributed by atoms with Crippen molar-refractivity contribution in [2.24, 2.45) is 5.41 Å². The molecule has 0 aliphatic carbocycles. The van der Waals surface area contributed by atoms with E-state index >= 15 is 0 Å².